The molecule has 2 rings (SSSR count). The number of aryl methyl sites for hydroxylation is 1. The first-order valence-electron chi connectivity index (χ1n) is 6.75. The largest absolute Gasteiger partial charge is 0.481 e. The third-order valence-electron chi connectivity index (χ3n) is 3.47. The van der Waals surface area contributed by atoms with Crippen LogP contribution in [0.25, 0.3) is 0 Å². The molecule has 0 atom stereocenters. The van der Waals surface area contributed by atoms with E-state index in [0.717, 1.165) is 12.0 Å². The van der Waals surface area contributed by atoms with Crippen molar-refractivity contribution in [3.8, 4) is 0 Å². The van der Waals surface area contributed by atoms with Gasteiger partial charge in [-0.2, -0.15) is 0 Å². The summed E-state index contributed by atoms with van der Waals surface area (Å²) in [6.07, 6.45) is 1.96. The van der Waals surface area contributed by atoms with Crippen LogP contribution in [0.2, 0.25) is 0 Å². The van der Waals surface area contributed by atoms with E-state index < -0.39 is 17.7 Å². The predicted octanol–water partition coefficient (Wildman–Crippen LogP) is 2.03. The molecule has 1 aromatic carbocycles. The zero-order chi connectivity index (χ0) is 14.7. The minimum Gasteiger partial charge on any atom is -0.481 e. The number of anilines is 1. The fourth-order valence-corrected chi connectivity index (χ4v) is 2.34. The van der Waals surface area contributed by atoms with E-state index in [1.165, 1.54) is 4.90 Å². The van der Waals surface area contributed by atoms with Crippen LogP contribution in [0.5, 0.6) is 0 Å². The number of aliphatic carboxylic acids is 1. The topological polar surface area (TPSA) is 74.7 Å². The number of Topliss-reactive ketones (excluding diaryl/α,β-unsaturated/α-hetero) is 1. The summed E-state index contributed by atoms with van der Waals surface area (Å²) in [6, 6.07) is 5.48. The van der Waals surface area contributed by atoms with Crippen LogP contribution in [0, 0.1) is 0 Å². The van der Waals surface area contributed by atoms with Gasteiger partial charge in [0.25, 0.3) is 11.7 Å². The standard InChI is InChI=1S/C15H17NO4/c1-2-10-6-7-12-11(9-10)14(19)15(20)16(12)8-4-3-5-13(17)18/h6-7,9H,2-5,8H2,1H3,(H,17,18). The van der Waals surface area contributed by atoms with Gasteiger partial charge in [-0.15, -0.1) is 0 Å². The summed E-state index contributed by atoms with van der Waals surface area (Å²) in [6.45, 7) is 2.38. The lowest BCUT2D eigenvalue weighted by molar-refractivity contribution is -0.137. The Morgan fingerprint density at radius 3 is 2.65 bits per heavy atom. The van der Waals surface area contributed by atoms with Crippen molar-refractivity contribution in [1.29, 1.82) is 0 Å². The minimum atomic E-state index is -0.846. The summed E-state index contributed by atoms with van der Waals surface area (Å²) in [5.74, 6) is -1.82. The normalized spacial score (nSPS) is 13.8. The maximum absolute atomic E-state index is 12.0. The van der Waals surface area contributed by atoms with E-state index in [-0.39, 0.29) is 6.42 Å². The molecule has 0 aliphatic carbocycles. The third-order valence-corrected chi connectivity index (χ3v) is 3.47. The zero-order valence-electron chi connectivity index (χ0n) is 11.4. The van der Waals surface area contributed by atoms with Crippen molar-refractivity contribution in [3.05, 3.63) is 29.3 Å². The number of nitrogens with zero attached hydrogens (tertiary/aromatic N) is 1. The molecule has 0 saturated heterocycles. The molecule has 0 saturated carbocycles. The van der Waals surface area contributed by atoms with E-state index >= 15 is 0 Å². The molecule has 0 fully saturated rings. The van der Waals surface area contributed by atoms with Gasteiger partial charge in [-0.25, -0.2) is 0 Å². The van der Waals surface area contributed by atoms with Gasteiger partial charge in [-0.3, -0.25) is 14.4 Å². The quantitative estimate of drug-likeness (QED) is 0.636. The number of hydrogen-bond acceptors (Lipinski definition) is 3. The van der Waals surface area contributed by atoms with Crippen molar-refractivity contribution in [1.82, 2.24) is 0 Å². The number of benzene rings is 1. The van der Waals surface area contributed by atoms with Crippen LogP contribution < -0.4 is 4.90 Å². The minimum absolute atomic E-state index is 0.0810. The maximum Gasteiger partial charge on any atom is 0.303 e. The number of carboxylic acid groups (broad SMARTS) is 1. The Hall–Kier alpha value is -2.17. The Kier molecular flexibility index (Phi) is 4.17. The molecule has 0 spiro atoms. The van der Waals surface area contributed by atoms with Crippen molar-refractivity contribution < 1.29 is 19.5 Å². The van der Waals surface area contributed by atoms with Crippen molar-refractivity contribution in [2.45, 2.75) is 32.6 Å². The van der Waals surface area contributed by atoms with Crippen LogP contribution in [0.1, 0.15) is 42.1 Å². The Balaban J connectivity index is 2.10. The molecule has 5 heteroatoms. The Morgan fingerprint density at radius 2 is 2.00 bits per heavy atom. The molecule has 1 aliphatic rings. The number of amides is 1. The molecule has 20 heavy (non-hydrogen) atoms. The fraction of sp³-hybridized carbons (Fsp3) is 0.400. The Bertz CT molecular complexity index is 565. The molecule has 1 heterocycles. The van der Waals surface area contributed by atoms with Gasteiger partial charge in [-0.05, 0) is 37.0 Å². The van der Waals surface area contributed by atoms with Crippen LogP contribution in [-0.4, -0.2) is 29.3 Å². The van der Waals surface area contributed by atoms with Crippen LogP contribution in [0.3, 0.4) is 0 Å². The van der Waals surface area contributed by atoms with E-state index in [9.17, 15) is 14.4 Å². The second kappa shape index (κ2) is 5.86. The van der Waals surface area contributed by atoms with E-state index in [1.54, 1.807) is 12.1 Å². The molecule has 1 aromatic rings. The predicted molar refractivity (Wildman–Crippen MR) is 74.0 cm³/mol. The van der Waals surface area contributed by atoms with E-state index in [0.29, 0.717) is 30.6 Å². The van der Waals surface area contributed by atoms with Crippen LogP contribution in [0.15, 0.2) is 18.2 Å². The lowest BCUT2D eigenvalue weighted by Crippen LogP contribution is -2.30. The summed E-state index contributed by atoms with van der Waals surface area (Å²) in [5.41, 5.74) is 2.14. The van der Waals surface area contributed by atoms with Crippen molar-refractivity contribution >= 4 is 23.3 Å². The molecule has 1 aliphatic heterocycles. The highest BCUT2D eigenvalue weighted by atomic mass is 16.4. The van der Waals surface area contributed by atoms with Gasteiger partial charge in [0.05, 0.1) is 11.3 Å². The molecule has 1 N–H and O–H groups in total. The number of carbonyl (C=O) groups is 3. The highest BCUT2D eigenvalue weighted by molar-refractivity contribution is 6.52. The van der Waals surface area contributed by atoms with Gasteiger partial charge < -0.3 is 10.0 Å². The van der Waals surface area contributed by atoms with E-state index in [1.807, 2.05) is 13.0 Å². The molecular formula is C15H17NO4. The van der Waals surface area contributed by atoms with Gasteiger partial charge in [0.1, 0.15) is 0 Å². The SMILES string of the molecule is CCc1ccc2c(c1)C(=O)C(=O)N2CCCCC(=O)O. The number of carboxylic acids is 1. The van der Waals surface area contributed by atoms with Crippen molar-refractivity contribution in [2.75, 3.05) is 11.4 Å². The molecule has 0 unspecified atom stereocenters. The number of unbranched alkanes of at least 4 members (excludes halogenated alkanes) is 1. The van der Waals surface area contributed by atoms with Gasteiger partial charge >= 0.3 is 5.97 Å². The lowest BCUT2D eigenvalue weighted by atomic mass is 10.1. The first-order chi connectivity index (χ1) is 9.54. The van der Waals surface area contributed by atoms with Crippen molar-refractivity contribution in [2.24, 2.45) is 0 Å². The van der Waals surface area contributed by atoms with Gasteiger partial charge in [0.2, 0.25) is 0 Å². The molecule has 5 nitrogen and oxygen atoms in total. The number of carbonyl (C=O) groups excluding carboxylic acids is 2. The second-order valence-electron chi connectivity index (χ2n) is 4.84. The summed E-state index contributed by atoms with van der Waals surface area (Å²) in [4.78, 5) is 35.8. The highest BCUT2D eigenvalue weighted by Gasteiger charge is 2.35. The van der Waals surface area contributed by atoms with Gasteiger partial charge in [0, 0.05) is 13.0 Å². The van der Waals surface area contributed by atoms with Crippen molar-refractivity contribution in [3.63, 3.8) is 0 Å². The lowest BCUT2D eigenvalue weighted by Gasteiger charge is -2.16. The number of ketones is 1. The fourth-order valence-electron chi connectivity index (χ4n) is 2.34. The maximum atomic E-state index is 12.0. The Labute approximate surface area is 117 Å². The Morgan fingerprint density at radius 1 is 1.25 bits per heavy atom. The number of rotatable bonds is 6. The second-order valence-corrected chi connectivity index (χ2v) is 4.84. The summed E-state index contributed by atoms with van der Waals surface area (Å²) in [7, 11) is 0. The molecule has 0 bridgehead atoms. The molecule has 0 radical (unpaired) electrons. The van der Waals surface area contributed by atoms with E-state index in [2.05, 4.69) is 0 Å². The first-order valence-corrected chi connectivity index (χ1v) is 6.75. The zero-order valence-corrected chi connectivity index (χ0v) is 11.4. The first kappa shape index (κ1) is 14.2. The molecule has 0 aromatic heterocycles. The van der Waals surface area contributed by atoms with Crippen LogP contribution in [0.4, 0.5) is 5.69 Å². The van der Waals surface area contributed by atoms with Gasteiger partial charge in [-0.1, -0.05) is 13.0 Å². The molecule has 106 valence electrons. The van der Waals surface area contributed by atoms with Crippen LogP contribution in [-0.2, 0) is 16.0 Å². The summed E-state index contributed by atoms with van der Waals surface area (Å²) >= 11 is 0. The van der Waals surface area contributed by atoms with E-state index in [4.69, 9.17) is 5.11 Å². The third kappa shape index (κ3) is 2.71. The van der Waals surface area contributed by atoms with Crippen LogP contribution >= 0.6 is 0 Å². The summed E-state index contributed by atoms with van der Waals surface area (Å²) in [5, 5.41) is 8.58. The smallest absolute Gasteiger partial charge is 0.303 e. The number of hydrogen-bond donors (Lipinski definition) is 1. The molecule has 1 amide bonds. The average Bonchev–Trinajstić information content (AvgIpc) is 2.67. The monoisotopic (exact) mass is 275 g/mol. The van der Waals surface area contributed by atoms with Gasteiger partial charge in [0.15, 0.2) is 0 Å². The molecular weight excluding hydrogens is 258 g/mol. The average molecular weight is 275 g/mol. The highest BCUT2D eigenvalue weighted by Crippen LogP contribution is 2.30. The summed E-state index contributed by atoms with van der Waals surface area (Å²) < 4.78 is 0. The number of fused-ring (bicyclic) bond motifs is 1.